The summed E-state index contributed by atoms with van der Waals surface area (Å²) >= 11 is 0. The minimum Gasteiger partial charge on any atom is -0.357 e. The van der Waals surface area contributed by atoms with E-state index in [1.807, 2.05) is 31.3 Å². The summed E-state index contributed by atoms with van der Waals surface area (Å²) in [5.41, 5.74) is 3.02. The third kappa shape index (κ3) is 3.35. The minimum absolute atomic E-state index is 0.584. The second-order valence-electron chi connectivity index (χ2n) is 6.64. The molecular weight excluding hydrogens is 350 g/mol. The maximum absolute atomic E-state index is 4.87. The smallest absolute Gasteiger partial charge is 0.150 e. The van der Waals surface area contributed by atoms with Gasteiger partial charge in [-0.25, -0.2) is 15.0 Å². The van der Waals surface area contributed by atoms with Crippen LogP contribution < -0.4 is 4.90 Å². The largest absolute Gasteiger partial charge is 0.357 e. The number of aryl methyl sites for hydroxylation is 1. The van der Waals surface area contributed by atoms with Crippen molar-refractivity contribution in [3.63, 3.8) is 0 Å². The highest BCUT2D eigenvalue weighted by Crippen LogP contribution is 2.26. The number of para-hydroxylation sites is 2. The maximum atomic E-state index is 4.87. The summed E-state index contributed by atoms with van der Waals surface area (Å²) in [5.74, 6) is 3.52. The lowest BCUT2D eigenvalue weighted by molar-refractivity contribution is 0.775. The number of nitrogens with zero attached hydrogens (tertiary/aromatic N) is 6. The molecule has 4 rings (SSSR count). The van der Waals surface area contributed by atoms with Crippen LogP contribution in [0.25, 0.3) is 22.4 Å². The molecule has 144 valence electrons. The Morgan fingerprint density at radius 2 is 1.82 bits per heavy atom. The van der Waals surface area contributed by atoms with Gasteiger partial charge in [0.05, 0.1) is 17.6 Å². The molecule has 28 heavy (non-hydrogen) atoms. The summed E-state index contributed by atoms with van der Waals surface area (Å²) in [6.07, 6.45) is 2.72. The van der Waals surface area contributed by atoms with Crippen molar-refractivity contribution >= 4 is 16.9 Å². The number of benzene rings is 1. The first-order valence-corrected chi connectivity index (χ1v) is 9.80. The molecule has 0 atom stereocenters. The molecule has 0 radical (unpaired) electrons. The molecule has 1 N–H and O–H groups in total. The van der Waals surface area contributed by atoms with Gasteiger partial charge in [-0.2, -0.15) is 5.10 Å². The number of aromatic amines is 1. The van der Waals surface area contributed by atoms with Crippen LogP contribution in [0.3, 0.4) is 0 Å². The molecule has 0 aliphatic rings. The zero-order valence-corrected chi connectivity index (χ0v) is 16.6. The number of rotatable bonds is 7. The molecule has 0 amide bonds. The summed E-state index contributed by atoms with van der Waals surface area (Å²) in [6, 6.07) is 12.3. The molecule has 3 heterocycles. The van der Waals surface area contributed by atoms with Crippen LogP contribution in [0.15, 0.2) is 42.6 Å². The number of nitrogens with one attached hydrogen (secondary N) is 1. The predicted molar refractivity (Wildman–Crippen MR) is 111 cm³/mol. The van der Waals surface area contributed by atoms with E-state index in [9.17, 15) is 0 Å². The van der Waals surface area contributed by atoms with Gasteiger partial charge < -0.3 is 9.47 Å². The third-order valence-corrected chi connectivity index (χ3v) is 4.95. The average molecular weight is 375 g/mol. The van der Waals surface area contributed by atoms with Crippen LogP contribution in [0.2, 0.25) is 0 Å². The van der Waals surface area contributed by atoms with Crippen LogP contribution in [-0.4, -0.2) is 42.8 Å². The number of anilines is 1. The second kappa shape index (κ2) is 7.80. The van der Waals surface area contributed by atoms with Gasteiger partial charge >= 0.3 is 0 Å². The van der Waals surface area contributed by atoms with Crippen LogP contribution >= 0.6 is 0 Å². The normalized spacial score (nSPS) is 11.2. The van der Waals surface area contributed by atoms with E-state index < -0.39 is 0 Å². The molecule has 1 aromatic carbocycles. The van der Waals surface area contributed by atoms with Crippen molar-refractivity contribution < 1.29 is 0 Å². The lowest BCUT2D eigenvalue weighted by atomic mass is 10.2. The van der Waals surface area contributed by atoms with Gasteiger partial charge in [0.25, 0.3) is 0 Å². The van der Waals surface area contributed by atoms with Gasteiger partial charge in [0.15, 0.2) is 5.82 Å². The topological polar surface area (TPSA) is 75.5 Å². The summed E-state index contributed by atoms with van der Waals surface area (Å²) in [7, 11) is 0. The Bertz CT molecular complexity index is 1060. The monoisotopic (exact) mass is 375 g/mol. The fraction of sp³-hybridized carbons (Fsp3) is 0.333. The molecule has 7 nitrogen and oxygen atoms in total. The Morgan fingerprint density at radius 3 is 2.50 bits per heavy atom. The molecular formula is C21H25N7. The van der Waals surface area contributed by atoms with Crippen molar-refractivity contribution in [2.45, 2.75) is 33.7 Å². The first-order valence-electron chi connectivity index (χ1n) is 9.80. The van der Waals surface area contributed by atoms with E-state index in [2.05, 4.69) is 61.7 Å². The van der Waals surface area contributed by atoms with E-state index >= 15 is 0 Å². The zero-order valence-electron chi connectivity index (χ0n) is 16.6. The molecule has 0 spiro atoms. The van der Waals surface area contributed by atoms with E-state index in [0.29, 0.717) is 6.54 Å². The summed E-state index contributed by atoms with van der Waals surface area (Å²) in [4.78, 5) is 16.3. The Labute approximate surface area is 164 Å². The molecule has 0 saturated heterocycles. The van der Waals surface area contributed by atoms with Crippen molar-refractivity contribution in [3.05, 3.63) is 54.2 Å². The standard InChI is InChI=1S/C21H25N7/c1-4-18-24-19(26-25-18)14-28-17-10-8-7-9-16(17)23-21(28)15-11-12-20(22-13-15)27(5-2)6-3/h7-13H,4-6,14H2,1-3H3,(H,24,25,26). The maximum Gasteiger partial charge on any atom is 0.150 e. The number of H-pyrrole nitrogens is 1. The number of hydrogen-bond donors (Lipinski definition) is 1. The second-order valence-corrected chi connectivity index (χ2v) is 6.64. The Hall–Kier alpha value is -3.22. The van der Waals surface area contributed by atoms with E-state index in [4.69, 9.17) is 4.98 Å². The van der Waals surface area contributed by atoms with Gasteiger partial charge in [0, 0.05) is 31.3 Å². The van der Waals surface area contributed by atoms with Crippen molar-refractivity contribution in [1.29, 1.82) is 0 Å². The summed E-state index contributed by atoms with van der Waals surface area (Å²) in [5, 5.41) is 7.31. The molecule has 0 bridgehead atoms. The first kappa shape index (κ1) is 18.2. The predicted octanol–water partition coefficient (Wildman–Crippen LogP) is 3.67. The van der Waals surface area contributed by atoms with Crippen molar-refractivity contribution in [2.24, 2.45) is 0 Å². The van der Waals surface area contributed by atoms with Gasteiger partial charge in [-0.3, -0.25) is 5.10 Å². The van der Waals surface area contributed by atoms with Gasteiger partial charge in [0.1, 0.15) is 17.5 Å². The zero-order chi connectivity index (χ0) is 19.5. The van der Waals surface area contributed by atoms with Gasteiger partial charge in [0.2, 0.25) is 0 Å². The van der Waals surface area contributed by atoms with Crippen molar-refractivity contribution in [2.75, 3.05) is 18.0 Å². The molecule has 0 unspecified atom stereocenters. The molecule has 4 aromatic rings. The first-order chi connectivity index (χ1) is 13.7. The minimum atomic E-state index is 0.584. The number of imidazole rings is 1. The number of fused-ring (bicyclic) bond motifs is 1. The highest BCUT2D eigenvalue weighted by Gasteiger charge is 2.15. The van der Waals surface area contributed by atoms with Gasteiger partial charge in [-0.1, -0.05) is 19.1 Å². The molecule has 0 aliphatic carbocycles. The quantitative estimate of drug-likeness (QED) is 0.533. The summed E-state index contributed by atoms with van der Waals surface area (Å²) in [6.45, 7) is 8.79. The van der Waals surface area contributed by atoms with Crippen LogP contribution in [0.4, 0.5) is 5.82 Å². The Kier molecular flexibility index (Phi) is 5.06. The van der Waals surface area contributed by atoms with Crippen molar-refractivity contribution in [3.8, 4) is 11.4 Å². The highest BCUT2D eigenvalue weighted by molar-refractivity contribution is 5.80. The Morgan fingerprint density at radius 1 is 1.00 bits per heavy atom. The van der Waals surface area contributed by atoms with Crippen LogP contribution in [0, 0.1) is 0 Å². The Balaban J connectivity index is 1.76. The summed E-state index contributed by atoms with van der Waals surface area (Å²) < 4.78 is 2.17. The SMILES string of the molecule is CCc1n[nH]c(Cn2c(-c3ccc(N(CC)CC)nc3)nc3ccccc32)n1. The molecule has 0 saturated carbocycles. The van der Waals surface area contributed by atoms with Gasteiger partial charge in [-0.15, -0.1) is 0 Å². The molecule has 0 aliphatic heterocycles. The lowest BCUT2D eigenvalue weighted by Crippen LogP contribution is -2.22. The van der Waals surface area contributed by atoms with E-state index in [-0.39, 0.29) is 0 Å². The fourth-order valence-electron chi connectivity index (χ4n) is 3.42. The van der Waals surface area contributed by atoms with Gasteiger partial charge in [-0.05, 0) is 38.1 Å². The molecule has 0 fully saturated rings. The van der Waals surface area contributed by atoms with Crippen LogP contribution in [0.1, 0.15) is 32.4 Å². The number of aromatic nitrogens is 6. The van der Waals surface area contributed by atoms with E-state index in [1.54, 1.807) is 0 Å². The van der Waals surface area contributed by atoms with Crippen molar-refractivity contribution in [1.82, 2.24) is 29.7 Å². The van der Waals surface area contributed by atoms with Crippen LogP contribution in [-0.2, 0) is 13.0 Å². The number of hydrogen-bond acceptors (Lipinski definition) is 5. The van der Waals surface area contributed by atoms with E-state index in [0.717, 1.165) is 59.4 Å². The molecule has 7 heteroatoms. The number of pyridine rings is 1. The van der Waals surface area contributed by atoms with E-state index in [1.165, 1.54) is 0 Å². The lowest BCUT2D eigenvalue weighted by Gasteiger charge is -2.19. The third-order valence-electron chi connectivity index (χ3n) is 4.95. The molecule has 3 aromatic heterocycles. The average Bonchev–Trinajstić information content (AvgIpc) is 3.35. The highest BCUT2D eigenvalue weighted by atomic mass is 15.2. The van der Waals surface area contributed by atoms with Crippen LogP contribution in [0.5, 0.6) is 0 Å². The fourth-order valence-corrected chi connectivity index (χ4v) is 3.42.